The predicted octanol–water partition coefficient (Wildman–Crippen LogP) is 3.52. The molecule has 0 unspecified atom stereocenters. The van der Waals surface area contributed by atoms with E-state index in [0.717, 1.165) is 10.8 Å². The van der Waals surface area contributed by atoms with Crippen molar-refractivity contribution in [2.45, 2.75) is 0 Å². The van der Waals surface area contributed by atoms with Gasteiger partial charge in [-0.3, -0.25) is 4.79 Å². The van der Waals surface area contributed by atoms with Gasteiger partial charge in [0.05, 0.1) is 21.3 Å². The van der Waals surface area contributed by atoms with E-state index in [4.69, 9.17) is 18.6 Å². The first-order chi connectivity index (χ1) is 13.2. The van der Waals surface area contributed by atoms with Crippen molar-refractivity contribution < 1.29 is 18.6 Å². The number of benzene rings is 3. The zero-order valence-corrected chi connectivity index (χ0v) is 15.2. The van der Waals surface area contributed by atoms with Gasteiger partial charge in [-0.05, 0) is 30.3 Å². The Hall–Kier alpha value is -3.47. The molecule has 27 heavy (non-hydrogen) atoms. The van der Waals surface area contributed by atoms with E-state index in [9.17, 15) is 4.79 Å². The van der Waals surface area contributed by atoms with Gasteiger partial charge in [-0.15, -0.1) is 0 Å². The second-order valence-corrected chi connectivity index (χ2v) is 6.02. The van der Waals surface area contributed by atoms with Gasteiger partial charge in [0.2, 0.25) is 5.43 Å². The van der Waals surface area contributed by atoms with Crippen molar-refractivity contribution in [1.29, 1.82) is 0 Å². The van der Waals surface area contributed by atoms with Crippen molar-refractivity contribution in [3.05, 3.63) is 69.7 Å². The first-order valence-electron chi connectivity index (χ1n) is 8.43. The lowest BCUT2D eigenvalue weighted by Crippen LogP contribution is -2.24. The molecule has 0 saturated carbocycles. The SMILES string of the molecule is COc1cccc(C=c2oc3cccc4c(OC)ccc(c2=O)c34)c1OC. The van der Waals surface area contributed by atoms with Crippen LogP contribution in [0.3, 0.4) is 0 Å². The smallest absolute Gasteiger partial charge is 0.228 e. The van der Waals surface area contributed by atoms with Gasteiger partial charge >= 0.3 is 0 Å². The Kier molecular flexibility index (Phi) is 4.20. The van der Waals surface area contributed by atoms with Crippen LogP contribution in [-0.4, -0.2) is 21.3 Å². The van der Waals surface area contributed by atoms with Crippen LogP contribution < -0.4 is 25.1 Å². The molecule has 3 aromatic carbocycles. The van der Waals surface area contributed by atoms with Gasteiger partial charge in [0, 0.05) is 21.7 Å². The maximum absolute atomic E-state index is 13.1. The van der Waals surface area contributed by atoms with Crippen LogP contribution >= 0.6 is 0 Å². The molecule has 0 saturated heterocycles. The maximum Gasteiger partial charge on any atom is 0.228 e. The Bertz CT molecular complexity index is 1250. The average Bonchev–Trinajstić information content (AvgIpc) is 2.71. The minimum atomic E-state index is -0.189. The Morgan fingerprint density at radius 2 is 1.59 bits per heavy atom. The van der Waals surface area contributed by atoms with Crippen LogP contribution in [0.25, 0.3) is 27.8 Å². The van der Waals surface area contributed by atoms with Crippen LogP contribution in [0.15, 0.2) is 57.7 Å². The summed E-state index contributed by atoms with van der Waals surface area (Å²) in [5.41, 5.74) is 1.36. The molecule has 1 heterocycles. The van der Waals surface area contributed by atoms with Gasteiger partial charge in [0.15, 0.2) is 16.9 Å². The molecule has 136 valence electrons. The van der Waals surface area contributed by atoms with Gasteiger partial charge < -0.3 is 18.6 Å². The first kappa shape index (κ1) is 17.0. The molecule has 0 fully saturated rings. The molecule has 0 atom stereocenters. The lowest BCUT2D eigenvalue weighted by molar-refractivity contribution is 0.354. The molecule has 0 radical (unpaired) electrons. The van der Waals surface area contributed by atoms with Gasteiger partial charge in [0.1, 0.15) is 11.3 Å². The van der Waals surface area contributed by atoms with Crippen molar-refractivity contribution >= 4 is 27.8 Å². The number of rotatable bonds is 4. The highest BCUT2D eigenvalue weighted by Crippen LogP contribution is 2.32. The van der Waals surface area contributed by atoms with E-state index in [1.54, 1.807) is 45.6 Å². The quantitative estimate of drug-likeness (QED) is 0.556. The Morgan fingerprint density at radius 3 is 2.33 bits per heavy atom. The van der Waals surface area contributed by atoms with Crippen LogP contribution in [0.1, 0.15) is 5.56 Å². The highest BCUT2D eigenvalue weighted by atomic mass is 16.5. The fourth-order valence-corrected chi connectivity index (χ4v) is 3.36. The van der Waals surface area contributed by atoms with Crippen molar-refractivity contribution in [2.24, 2.45) is 0 Å². The molecular formula is C22H18O5. The number of ether oxygens (including phenoxy) is 3. The zero-order chi connectivity index (χ0) is 19.0. The Balaban J connectivity index is 2.07. The Labute approximate surface area is 155 Å². The third kappa shape index (κ3) is 2.68. The standard InChI is InChI=1S/C22H18O5/c1-24-16-11-10-15-20-14(16)7-5-8-17(20)27-19(21(15)23)12-13-6-4-9-18(25-2)22(13)26-3/h4-12H,1-3H3. The molecule has 0 amide bonds. The second-order valence-electron chi connectivity index (χ2n) is 6.02. The molecular weight excluding hydrogens is 344 g/mol. The highest BCUT2D eigenvalue weighted by molar-refractivity contribution is 6.09. The molecule has 0 N–H and O–H groups in total. The third-order valence-electron chi connectivity index (χ3n) is 4.59. The molecule has 1 aromatic heterocycles. The minimum absolute atomic E-state index is 0.189. The lowest BCUT2D eigenvalue weighted by Gasteiger charge is -2.10. The van der Waals surface area contributed by atoms with Crippen LogP contribution in [-0.2, 0) is 0 Å². The molecule has 0 aliphatic carbocycles. The number of methoxy groups -OCH3 is 3. The Morgan fingerprint density at radius 1 is 0.815 bits per heavy atom. The second kappa shape index (κ2) is 6.68. The topological polar surface area (TPSA) is 57.9 Å². The van der Waals surface area contributed by atoms with E-state index in [1.165, 1.54) is 0 Å². The van der Waals surface area contributed by atoms with Crippen LogP contribution in [0.5, 0.6) is 17.2 Å². The molecule has 0 aliphatic rings. The fourth-order valence-electron chi connectivity index (χ4n) is 3.36. The molecule has 5 heteroatoms. The summed E-state index contributed by atoms with van der Waals surface area (Å²) in [5, 5.41) is 2.19. The molecule has 4 aromatic rings. The third-order valence-corrected chi connectivity index (χ3v) is 4.59. The van der Waals surface area contributed by atoms with E-state index >= 15 is 0 Å². The molecule has 0 bridgehead atoms. The maximum atomic E-state index is 13.1. The first-order valence-corrected chi connectivity index (χ1v) is 8.43. The molecule has 0 aliphatic heterocycles. The van der Waals surface area contributed by atoms with E-state index < -0.39 is 0 Å². The highest BCUT2D eigenvalue weighted by Gasteiger charge is 2.13. The molecule has 0 spiro atoms. The van der Waals surface area contributed by atoms with Crippen LogP contribution in [0.4, 0.5) is 0 Å². The summed E-state index contributed by atoms with van der Waals surface area (Å²) in [6, 6.07) is 14.7. The van der Waals surface area contributed by atoms with Gasteiger partial charge in [0.25, 0.3) is 0 Å². The lowest BCUT2D eigenvalue weighted by atomic mass is 10.0. The molecule has 5 nitrogen and oxygen atoms in total. The van der Waals surface area contributed by atoms with Crippen molar-refractivity contribution in [1.82, 2.24) is 0 Å². The summed E-state index contributed by atoms with van der Waals surface area (Å²) in [4.78, 5) is 13.1. The molecule has 4 rings (SSSR count). The summed E-state index contributed by atoms with van der Waals surface area (Å²) in [6.45, 7) is 0. The summed E-state index contributed by atoms with van der Waals surface area (Å²) in [7, 11) is 4.74. The van der Waals surface area contributed by atoms with Crippen molar-refractivity contribution in [2.75, 3.05) is 21.3 Å². The zero-order valence-electron chi connectivity index (χ0n) is 15.2. The monoisotopic (exact) mass is 362 g/mol. The number of hydrogen-bond donors (Lipinski definition) is 0. The summed E-state index contributed by atoms with van der Waals surface area (Å²) in [6.07, 6.45) is 1.68. The van der Waals surface area contributed by atoms with Gasteiger partial charge in [-0.1, -0.05) is 24.3 Å². The van der Waals surface area contributed by atoms with E-state index in [2.05, 4.69) is 0 Å². The number of para-hydroxylation sites is 1. The van der Waals surface area contributed by atoms with Crippen LogP contribution in [0, 0.1) is 0 Å². The van der Waals surface area contributed by atoms with Gasteiger partial charge in [-0.2, -0.15) is 0 Å². The van der Waals surface area contributed by atoms with E-state index in [0.29, 0.717) is 33.8 Å². The van der Waals surface area contributed by atoms with Crippen molar-refractivity contribution in [3.63, 3.8) is 0 Å². The summed E-state index contributed by atoms with van der Waals surface area (Å²) < 4.78 is 22.1. The summed E-state index contributed by atoms with van der Waals surface area (Å²) >= 11 is 0. The average molecular weight is 362 g/mol. The largest absolute Gasteiger partial charge is 0.496 e. The number of hydrogen-bond acceptors (Lipinski definition) is 5. The van der Waals surface area contributed by atoms with E-state index in [-0.39, 0.29) is 10.8 Å². The summed E-state index contributed by atoms with van der Waals surface area (Å²) in [5.74, 6) is 1.83. The van der Waals surface area contributed by atoms with E-state index in [1.807, 2.05) is 30.3 Å². The normalized spacial score (nSPS) is 11.9. The minimum Gasteiger partial charge on any atom is -0.496 e. The van der Waals surface area contributed by atoms with Gasteiger partial charge in [-0.25, -0.2) is 0 Å². The van der Waals surface area contributed by atoms with Crippen LogP contribution in [0.2, 0.25) is 0 Å². The predicted molar refractivity (Wildman–Crippen MR) is 105 cm³/mol. The van der Waals surface area contributed by atoms with Crippen molar-refractivity contribution in [3.8, 4) is 17.2 Å². The fraction of sp³-hybridized carbons (Fsp3) is 0.136.